The topological polar surface area (TPSA) is 56.0 Å². The van der Waals surface area contributed by atoms with Gasteiger partial charge in [0.05, 0.1) is 16.0 Å². The molecule has 0 spiro atoms. The van der Waals surface area contributed by atoms with Crippen molar-refractivity contribution < 1.29 is 4.92 Å². The molecule has 0 atom stereocenters. The maximum Gasteiger partial charge on any atom is 0.277 e. The number of pyridine rings is 1. The highest BCUT2D eigenvalue weighted by Gasteiger charge is 2.17. The molecular formula is C17H14N2O2. The highest BCUT2D eigenvalue weighted by Crippen LogP contribution is 2.34. The summed E-state index contributed by atoms with van der Waals surface area (Å²) in [5.41, 5.74) is 4.34. The number of nitro benzene ring substituents is 1. The molecule has 0 radical (unpaired) electrons. The van der Waals surface area contributed by atoms with Gasteiger partial charge in [-0.2, -0.15) is 0 Å². The second-order valence-electron chi connectivity index (χ2n) is 5.06. The van der Waals surface area contributed by atoms with Crippen LogP contribution in [-0.2, 0) is 0 Å². The van der Waals surface area contributed by atoms with Crippen molar-refractivity contribution in [3.8, 4) is 11.1 Å². The molecular weight excluding hydrogens is 264 g/mol. The van der Waals surface area contributed by atoms with Gasteiger partial charge in [-0.25, -0.2) is 0 Å². The molecule has 0 aliphatic heterocycles. The SMILES string of the molecule is Cc1cc(C)c2cccc(-c3ccccc3[N+](=O)[O-])c2n1. The fourth-order valence-electron chi connectivity index (χ4n) is 2.66. The Morgan fingerprint density at radius 1 is 1.00 bits per heavy atom. The van der Waals surface area contributed by atoms with Crippen LogP contribution in [-0.4, -0.2) is 9.91 Å². The Kier molecular flexibility index (Phi) is 3.14. The molecule has 0 bridgehead atoms. The quantitative estimate of drug-likeness (QED) is 0.514. The summed E-state index contributed by atoms with van der Waals surface area (Å²) in [5, 5.41) is 12.3. The first-order valence-corrected chi connectivity index (χ1v) is 6.68. The third-order valence-corrected chi connectivity index (χ3v) is 3.57. The van der Waals surface area contributed by atoms with Crippen LogP contribution in [0.3, 0.4) is 0 Å². The molecule has 0 aliphatic rings. The first-order chi connectivity index (χ1) is 10.1. The van der Waals surface area contributed by atoms with Crippen molar-refractivity contribution in [2.75, 3.05) is 0 Å². The molecule has 3 rings (SSSR count). The lowest BCUT2D eigenvalue weighted by atomic mass is 9.98. The first kappa shape index (κ1) is 13.2. The molecule has 1 heterocycles. The van der Waals surface area contributed by atoms with Crippen LogP contribution in [0.1, 0.15) is 11.3 Å². The predicted molar refractivity (Wildman–Crippen MR) is 83.3 cm³/mol. The Labute approximate surface area is 122 Å². The zero-order chi connectivity index (χ0) is 15.0. The zero-order valence-corrected chi connectivity index (χ0v) is 11.8. The van der Waals surface area contributed by atoms with E-state index >= 15 is 0 Å². The number of hydrogen-bond donors (Lipinski definition) is 0. The number of para-hydroxylation sites is 2. The van der Waals surface area contributed by atoms with E-state index in [9.17, 15) is 10.1 Å². The van der Waals surface area contributed by atoms with Crippen LogP contribution in [0.15, 0.2) is 48.5 Å². The van der Waals surface area contributed by atoms with E-state index in [1.807, 2.05) is 44.2 Å². The van der Waals surface area contributed by atoms with E-state index < -0.39 is 0 Å². The van der Waals surface area contributed by atoms with Crippen LogP contribution < -0.4 is 0 Å². The van der Waals surface area contributed by atoms with E-state index in [2.05, 4.69) is 4.98 Å². The molecule has 1 aromatic heterocycles. The monoisotopic (exact) mass is 278 g/mol. The maximum absolute atomic E-state index is 11.3. The van der Waals surface area contributed by atoms with Gasteiger partial charge in [0.2, 0.25) is 0 Å². The highest BCUT2D eigenvalue weighted by atomic mass is 16.6. The van der Waals surface area contributed by atoms with Crippen LogP contribution in [0.25, 0.3) is 22.0 Å². The Morgan fingerprint density at radius 2 is 1.71 bits per heavy atom. The van der Waals surface area contributed by atoms with Gasteiger partial charge in [-0.3, -0.25) is 15.1 Å². The summed E-state index contributed by atoms with van der Waals surface area (Å²) in [6, 6.07) is 14.6. The lowest BCUT2D eigenvalue weighted by Gasteiger charge is -2.09. The maximum atomic E-state index is 11.3. The number of aryl methyl sites for hydroxylation is 2. The van der Waals surface area contributed by atoms with Crippen LogP contribution in [0, 0.1) is 24.0 Å². The highest BCUT2D eigenvalue weighted by molar-refractivity contribution is 5.97. The number of hydrogen-bond acceptors (Lipinski definition) is 3. The van der Waals surface area contributed by atoms with Crippen molar-refractivity contribution in [3.63, 3.8) is 0 Å². The van der Waals surface area contributed by atoms with Gasteiger partial charge in [-0.05, 0) is 31.5 Å². The molecule has 0 saturated carbocycles. The summed E-state index contributed by atoms with van der Waals surface area (Å²) >= 11 is 0. The summed E-state index contributed by atoms with van der Waals surface area (Å²) in [5.74, 6) is 0. The minimum absolute atomic E-state index is 0.103. The molecule has 0 aliphatic carbocycles. The zero-order valence-electron chi connectivity index (χ0n) is 11.8. The van der Waals surface area contributed by atoms with Crippen LogP contribution >= 0.6 is 0 Å². The van der Waals surface area contributed by atoms with Gasteiger partial charge in [-0.15, -0.1) is 0 Å². The molecule has 3 aromatic rings. The molecule has 0 fully saturated rings. The van der Waals surface area contributed by atoms with Gasteiger partial charge in [-0.1, -0.05) is 30.3 Å². The van der Waals surface area contributed by atoms with Crippen molar-refractivity contribution in [3.05, 3.63) is 69.9 Å². The van der Waals surface area contributed by atoms with Crippen molar-refractivity contribution >= 4 is 16.6 Å². The van der Waals surface area contributed by atoms with E-state index in [-0.39, 0.29) is 10.6 Å². The molecule has 4 nitrogen and oxygen atoms in total. The fourth-order valence-corrected chi connectivity index (χ4v) is 2.66. The lowest BCUT2D eigenvalue weighted by Crippen LogP contribution is -1.94. The Balaban J connectivity index is 2.39. The average molecular weight is 278 g/mol. The summed E-state index contributed by atoms with van der Waals surface area (Å²) in [6.45, 7) is 3.96. The van der Waals surface area contributed by atoms with Gasteiger partial charge in [0, 0.05) is 22.7 Å². The summed E-state index contributed by atoms with van der Waals surface area (Å²) < 4.78 is 0. The third-order valence-electron chi connectivity index (χ3n) is 3.57. The lowest BCUT2D eigenvalue weighted by molar-refractivity contribution is -0.384. The largest absolute Gasteiger partial charge is 0.277 e. The Morgan fingerprint density at radius 3 is 2.48 bits per heavy atom. The van der Waals surface area contributed by atoms with Crippen molar-refractivity contribution in [1.82, 2.24) is 4.98 Å². The second-order valence-corrected chi connectivity index (χ2v) is 5.06. The average Bonchev–Trinajstić information content (AvgIpc) is 2.46. The van der Waals surface area contributed by atoms with Gasteiger partial charge in [0.15, 0.2) is 0 Å². The Bertz CT molecular complexity index is 857. The molecule has 2 aromatic carbocycles. The second kappa shape index (κ2) is 4.98. The molecule has 21 heavy (non-hydrogen) atoms. The van der Waals surface area contributed by atoms with Gasteiger partial charge in [0.25, 0.3) is 5.69 Å². The summed E-state index contributed by atoms with van der Waals surface area (Å²) in [7, 11) is 0. The van der Waals surface area contributed by atoms with Gasteiger partial charge in [0.1, 0.15) is 0 Å². The minimum Gasteiger partial charge on any atom is -0.258 e. The molecule has 0 saturated heterocycles. The number of nitro groups is 1. The molecule has 0 unspecified atom stereocenters. The molecule has 0 N–H and O–H groups in total. The van der Waals surface area contributed by atoms with Crippen molar-refractivity contribution in [1.29, 1.82) is 0 Å². The van der Waals surface area contributed by atoms with Crippen LogP contribution in [0.5, 0.6) is 0 Å². The predicted octanol–water partition coefficient (Wildman–Crippen LogP) is 4.43. The third kappa shape index (κ3) is 2.25. The van der Waals surface area contributed by atoms with E-state index in [0.29, 0.717) is 5.56 Å². The van der Waals surface area contributed by atoms with Crippen molar-refractivity contribution in [2.45, 2.75) is 13.8 Å². The van der Waals surface area contributed by atoms with E-state index in [4.69, 9.17) is 0 Å². The Hall–Kier alpha value is -2.75. The van der Waals surface area contributed by atoms with E-state index in [1.165, 1.54) is 6.07 Å². The standard InChI is InChI=1S/C17H14N2O2/c1-11-10-12(2)18-17-13(11)7-5-8-15(17)14-6-3-4-9-16(14)19(20)21/h3-10H,1-2H3. The number of benzene rings is 2. The number of fused-ring (bicyclic) bond motifs is 1. The summed E-state index contributed by atoms with van der Waals surface area (Å²) in [6.07, 6.45) is 0. The summed E-state index contributed by atoms with van der Waals surface area (Å²) in [4.78, 5) is 15.5. The smallest absolute Gasteiger partial charge is 0.258 e. The van der Waals surface area contributed by atoms with Crippen LogP contribution in [0.2, 0.25) is 0 Å². The van der Waals surface area contributed by atoms with E-state index in [0.717, 1.165) is 27.7 Å². The van der Waals surface area contributed by atoms with Crippen LogP contribution in [0.4, 0.5) is 5.69 Å². The fraction of sp³-hybridized carbons (Fsp3) is 0.118. The molecule has 4 heteroatoms. The van der Waals surface area contributed by atoms with Crippen molar-refractivity contribution in [2.24, 2.45) is 0 Å². The minimum atomic E-state index is -0.350. The molecule has 104 valence electrons. The normalized spacial score (nSPS) is 10.8. The van der Waals surface area contributed by atoms with Gasteiger partial charge < -0.3 is 0 Å². The van der Waals surface area contributed by atoms with Gasteiger partial charge >= 0.3 is 0 Å². The number of rotatable bonds is 2. The number of aromatic nitrogens is 1. The van der Waals surface area contributed by atoms with E-state index in [1.54, 1.807) is 12.1 Å². The first-order valence-electron chi connectivity index (χ1n) is 6.68. The number of nitrogens with zero attached hydrogens (tertiary/aromatic N) is 2. The molecule has 0 amide bonds.